The fourth-order valence-electron chi connectivity index (χ4n) is 2.06. The molecule has 0 fully saturated rings. The maximum absolute atomic E-state index is 11.9. The Morgan fingerprint density at radius 3 is 1.61 bits per heavy atom. The third-order valence-electron chi connectivity index (χ3n) is 3.04. The number of carbonyl (C=O) groups excluding carboxylic acids is 5. The van der Waals surface area contributed by atoms with Crippen molar-refractivity contribution in [1.82, 2.24) is 5.32 Å². The van der Waals surface area contributed by atoms with Crippen LogP contribution in [0.1, 0.15) is 27.7 Å². The summed E-state index contributed by atoms with van der Waals surface area (Å²) in [4.78, 5) is 57.1. The number of amides is 1. The Morgan fingerprint density at radius 2 is 1.29 bits per heavy atom. The van der Waals surface area contributed by atoms with Gasteiger partial charge in [-0.05, 0) is 15.9 Å². The number of halogens is 1. The third-order valence-corrected chi connectivity index (χ3v) is 3.49. The second-order valence-electron chi connectivity index (χ2n) is 5.46. The largest absolute Gasteiger partial charge is 0.433 e. The van der Waals surface area contributed by atoms with E-state index in [2.05, 4.69) is 30.1 Å². The molecule has 13 nitrogen and oxygen atoms in total. The summed E-state index contributed by atoms with van der Waals surface area (Å²) in [6.07, 6.45) is -5.51. The highest BCUT2D eigenvalue weighted by molar-refractivity contribution is 9.18. The van der Waals surface area contributed by atoms with Gasteiger partial charge in [-0.2, -0.15) is 0 Å². The molecule has 5 N–H and O–H groups in total. The lowest BCUT2D eigenvalue weighted by atomic mass is 9.91. The fourth-order valence-corrected chi connectivity index (χ4v) is 2.49. The summed E-state index contributed by atoms with van der Waals surface area (Å²) >= 11 is 2.39. The molecule has 0 aliphatic rings. The molecule has 5 atom stereocenters. The van der Waals surface area contributed by atoms with Crippen LogP contribution in [0.15, 0.2) is 0 Å². The molecule has 160 valence electrons. The Morgan fingerprint density at radius 1 is 0.857 bits per heavy atom. The van der Waals surface area contributed by atoms with Crippen molar-refractivity contribution in [1.29, 1.82) is 0 Å². The van der Waals surface area contributed by atoms with Crippen molar-refractivity contribution >= 4 is 44.4 Å². The molecule has 0 aromatic heterocycles. The molecule has 0 saturated carbocycles. The van der Waals surface area contributed by atoms with E-state index < -0.39 is 58.5 Å². The maximum Gasteiger partial charge on any atom is 0.312 e. The predicted octanol–water partition coefficient (Wildman–Crippen LogP) is -2.84. The molecule has 0 spiro atoms. The number of carbonyl (C=O) groups is 5. The number of hydrogen-bond acceptors (Lipinski definition) is 12. The molecule has 0 aliphatic carbocycles. The highest BCUT2D eigenvalue weighted by Crippen LogP contribution is 2.35. The van der Waals surface area contributed by atoms with Crippen LogP contribution < -0.4 is 5.32 Å². The summed E-state index contributed by atoms with van der Waals surface area (Å²) in [5.74, 6) is -12.4. The molecule has 0 heterocycles. The van der Waals surface area contributed by atoms with E-state index >= 15 is 0 Å². The van der Waals surface area contributed by atoms with E-state index in [4.69, 9.17) is 0 Å². The molecule has 0 aliphatic heterocycles. The number of aliphatic hydroxyl groups excluding tert-OH is 2. The Labute approximate surface area is 166 Å². The molecule has 0 aromatic carbocycles. The van der Waals surface area contributed by atoms with Crippen molar-refractivity contribution in [2.75, 3.05) is 0 Å². The van der Waals surface area contributed by atoms with E-state index in [1.807, 2.05) is 5.32 Å². The number of esters is 3. The van der Waals surface area contributed by atoms with Crippen molar-refractivity contribution in [2.24, 2.45) is 0 Å². The van der Waals surface area contributed by atoms with Crippen molar-refractivity contribution in [3.05, 3.63) is 0 Å². The molecule has 0 bridgehead atoms. The number of hydrogen-bond donors (Lipinski definition) is 5. The number of ether oxygens (including phenoxy) is 3. The second kappa shape index (κ2) is 9.88. The lowest BCUT2D eigenvalue weighted by Crippen LogP contribution is -2.75. The molecule has 0 aromatic rings. The Balaban J connectivity index is 6.64. The summed E-state index contributed by atoms with van der Waals surface area (Å²) < 4.78 is 11.9. The standard InChI is InChI=1S/C14H20BrNO12/c1-5(17)16-9(11(15)22)13(24,27-7(3)19)14(25,28-8(4)20)10(21)12(23)26-6(2)18/h9-10,12,21,23-25H,1-4H3,(H,16,17)/t9-,10+,12?,13-,14-/m0/s1. The Bertz CT molecular complexity index is 654. The molecule has 28 heavy (non-hydrogen) atoms. The topological polar surface area (TPSA) is 206 Å². The van der Waals surface area contributed by atoms with Gasteiger partial charge in [0.25, 0.3) is 0 Å². The van der Waals surface area contributed by atoms with Crippen molar-refractivity contribution in [2.45, 2.75) is 57.7 Å². The van der Waals surface area contributed by atoms with Crippen LogP contribution in [0.2, 0.25) is 0 Å². The van der Waals surface area contributed by atoms with Gasteiger partial charge in [0.05, 0.1) is 0 Å². The zero-order chi connectivity index (χ0) is 22.4. The average molecular weight is 474 g/mol. The zero-order valence-electron chi connectivity index (χ0n) is 15.2. The number of aliphatic hydroxyl groups is 4. The lowest BCUT2D eigenvalue weighted by Gasteiger charge is -2.46. The van der Waals surface area contributed by atoms with E-state index in [-0.39, 0.29) is 0 Å². The van der Waals surface area contributed by atoms with Crippen LogP contribution in [0.25, 0.3) is 0 Å². The summed E-state index contributed by atoms with van der Waals surface area (Å²) in [6.45, 7) is 3.08. The van der Waals surface area contributed by atoms with Gasteiger partial charge >= 0.3 is 29.5 Å². The first kappa shape index (κ1) is 25.9. The van der Waals surface area contributed by atoms with Gasteiger partial charge in [0.15, 0.2) is 12.1 Å². The van der Waals surface area contributed by atoms with Gasteiger partial charge in [-0.15, -0.1) is 0 Å². The fraction of sp³-hybridized carbons (Fsp3) is 0.643. The molecule has 14 heteroatoms. The highest BCUT2D eigenvalue weighted by atomic mass is 79.9. The Kier molecular flexibility index (Phi) is 9.13. The van der Waals surface area contributed by atoms with Gasteiger partial charge < -0.3 is 40.0 Å². The molecule has 1 unspecified atom stereocenters. The summed E-state index contributed by atoms with van der Waals surface area (Å²) in [7, 11) is 0. The number of rotatable bonds is 9. The summed E-state index contributed by atoms with van der Waals surface area (Å²) in [5, 5.41) is 43.4. The molecule has 1 amide bonds. The second-order valence-corrected chi connectivity index (χ2v) is 6.24. The van der Waals surface area contributed by atoms with Crippen LogP contribution in [-0.2, 0) is 38.2 Å². The first-order chi connectivity index (χ1) is 12.6. The highest BCUT2D eigenvalue weighted by Gasteiger charge is 2.68. The van der Waals surface area contributed by atoms with E-state index in [1.165, 1.54) is 0 Å². The van der Waals surface area contributed by atoms with Crippen LogP contribution in [0, 0.1) is 0 Å². The minimum absolute atomic E-state index is 0.688. The summed E-state index contributed by atoms with van der Waals surface area (Å²) in [6, 6.07) is -2.36. The van der Waals surface area contributed by atoms with Gasteiger partial charge in [0, 0.05) is 27.7 Å². The maximum atomic E-state index is 11.9. The van der Waals surface area contributed by atoms with Crippen molar-refractivity contribution in [3.63, 3.8) is 0 Å². The smallest absolute Gasteiger partial charge is 0.312 e. The third kappa shape index (κ3) is 6.20. The van der Waals surface area contributed by atoms with Gasteiger partial charge in [-0.1, -0.05) is 0 Å². The van der Waals surface area contributed by atoms with E-state index in [0.717, 1.165) is 13.8 Å². The minimum Gasteiger partial charge on any atom is -0.433 e. The predicted molar refractivity (Wildman–Crippen MR) is 88.7 cm³/mol. The monoisotopic (exact) mass is 473 g/mol. The molecule has 0 saturated heterocycles. The van der Waals surface area contributed by atoms with Crippen LogP contribution in [0.3, 0.4) is 0 Å². The van der Waals surface area contributed by atoms with Crippen LogP contribution in [0.5, 0.6) is 0 Å². The quantitative estimate of drug-likeness (QED) is 0.0992. The number of nitrogens with one attached hydrogen (secondary N) is 1. The van der Waals surface area contributed by atoms with Gasteiger partial charge in [-0.3, -0.25) is 24.0 Å². The van der Waals surface area contributed by atoms with E-state index in [9.17, 15) is 44.4 Å². The van der Waals surface area contributed by atoms with E-state index in [0.29, 0.717) is 13.8 Å². The average Bonchev–Trinajstić information content (AvgIpc) is 2.48. The first-order valence-electron chi connectivity index (χ1n) is 7.42. The van der Waals surface area contributed by atoms with Gasteiger partial charge in [0.1, 0.15) is 0 Å². The van der Waals surface area contributed by atoms with E-state index in [1.54, 1.807) is 0 Å². The minimum atomic E-state index is -3.81. The molecule has 0 radical (unpaired) electrons. The van der Waals surface area contributed by atoms with Gasteiger partial charge in [-0.25, -0.2) is 0 Å². The summed E-state index contributed by atoms with van der Waals surface area (Å²) in [5.41, 5.74) is 0. The van der Waals surface area contributed by atoms with Crippen LogP contribution >= 0.6 is 15.9 Å². The van der Waals surface area contributed by atoms with Crippen LogP contribution in [0.4, 0.5) is 0 Å². The Hall–Kier alpha value is -2.13. The van der Waals surface area contributed by atoms with Crippen molar-refractivity contribution in [3.8, 4) is 0 Å². The molecular formula is C14H20BrNO12. The lowest BCUT2D eigenvalue weighted by molar-refractivity contribution is -0.404. The normalized spacial score (nSPS) is 18.3. The van der Waals surface area contributed by atoms with Gasteiger partial charge in [0.2, 0.25) is 16.9 Å². The first-order valence-corrected chi connectivity index (χ1v) is 8.21. The van der Waals surface area contributed by atoms with Crippen molar-refractivity contribution < 1.29 is 58.6 Å². The SMILES string of the molecule is CC(=O)N[C@@H](C(=O)Br)[C@](O)(OC(C)=O)[C@@](O)(OC(C)=O)[C@H](O)C(O)OC(C)=O. The molecular weight excluding hydrogens is 454 g/mol. The molecule has 0 rings (SSSR count). The zero-order valence-corrected chi connectivity index (χ0v) is 16.8. The van der Waals surface area contributed by atoms with Crippen LogP contribution in [-0.4, -0.2) is 78.9 Å².